The lowest BCUT2D eigenvalue weighted by Gasteiger charge is -2.16. The molecule has 0 radical (unpaired) electrons. The van der Waals surface area contributed by atoms with Gasteiger partial charge in [0.25, 0.3) is 0 Å². The van der Waals surface area contributed by atoms with Crippen molar-refractivity contribution in [2.45, 2.75) is 39.5 Å². The zero-order valence-electron chi connectivity index (χ0n) is 16.5. The molecule has 2 amide bonds. The van der Waals surface area contributed by atoms with Crippen molar-refractivity contribution >= 4 is 17.5 Å². The maximum atomic E-state index is 12.3. The molecule has 0 heterocycles. The minimum atomic E-state index is -0.301. The smallest absolute Gasteiger partial charge is 0.233 e. The number of amides is 2. The first-order chi connectivity index (χ1) is 12.9. The summed E-state index contributed by atoms with van der Waals surface area (Å²) in [6, 6.07) is 13.6. The number of rotatable bonds is 8. The zero-order chi connectivity index (χ0) is 19.8. The Hall–Kier alpha value is -2.82. The van der Waals surface area contributed by atoms with Gasteiger partial charge in [-0.15, -0.1) is 0 Å². The summed E-state index contributed by atoms with van der Waals surface area (Å²) in [5.74, 6) is 0.495. The van der Waals surface area contributed by atoms with E-state index >= 15 is 0 Å². The molecule has 0 atom stereocenters. The molecule has 2 aromatic rings. The van der Waals surface area contributed by atoms with E-state index in [1.807, 2.05) is 49.4 Å². The summed E-state index contributed by atoms with van der Waals surface area (Å²) >= 11 is 0. The molecule has 0 spiro atoms. The highest BCUT2D eigenvalue weighted by molar-refractivity contribution is 6.04. The van der Waals surface area contributed by atoms with Crippen LogP contribution in [-0.2, 0) is 16.0 Å². The summed E-state index contributed by atoms with van der Waals surface area (Å²) in [6.07, 6.45) is 0.490. The molecule has 0 unspecified atom stereocenters. The van der Waals surface area contributed by atoms with Crippen molar-refractivity contribution in [3.8, 4) is 5.75 Å². The van der Waals surface area contributed by atoms with Gasteiger partial charge in [0.1, 0.15) is 12.2 Å². The van der Waals surface area contributed by atoms with Gasteiger partial charge in [-0.1, -0.05) is 44.2 Å². The number of carbonyl (C=O) groups is 2. The average Bonchev–Trinajstić information content (AvgIpc) is 2.63. The van der Waals surface area contributed by atoms with E-state index in [1.165, 1.54) is 0 Å². The van der Waals surface area contributed by atoms with Crippen LogP contribution < -0.4 is 15.4 Å². The lowest BCUT2D eigenvalue weighted by molar-refractivity contribution is -0.126. The fourth-order valence-electron chi connectivity index (χ4n) is 2.91. The van der Waals surface area contributed by atoms with E-state index in [2.05, 4.69) is 24.5 Å². The fraction of sp³-hybridized carbons (Fsp3) is 0.364. The van der Waals surface area contributed by atoms with Crippen molar-refractivity contribution in [2.24, 2.45) is 0 Å². The van der Waals surface area contributed by atoms with Crippen molar-refractivity contribution in [3.05, 3.63) is 59.2 Å². The average molecular weight is 368 g/mol. The first-order valence-electron chi connectivity index (χ1n) is 9.19. The predicted octanol–water partition coefficient (Wildman–Crippen LogP) is 3.81. The molecule has 0 aliphatic rings. The first kappa shape index (κ1) is 20.5. The van der Waals surface area contributed by atoms with Crippen LogP contribution in [0.15, 0.2) is 42.5 Å². The number of hydrogen-bond donors (Lipinski definition) is 2. The summed E-state index contributed by atoms with van der Waals surface area (Å²) in [7, 11) is 1.62. The maximum Gasteiger partial charge on any atom is 0.233 e. The molecular weight excluding hydrogens is 340 g/mol. The topological polar surface area (TPSA) is 67.4 Å². The number of aryl methyl sites for hydroxylation is 1. The molecular formula is C22H28N2O3. The third-order valence-corrected chi connectivity index (χ3v) is 4.38. The molecule has 0 saturated carbocycles. The van der Waals surface area contributed by atoms with Crippen LogP contribution in [-0.4, -0.2) is 25.5 Å². The summed E-state index contributed by atoms with van der Waals surface area (Å²) in [6.45, 7) is 6.59. The number of carbonyl (C=O) groups excluding carboxylic acids is 2. The number of benzene rings is 2. The first-order valence-corrected chi connectivity index (χ1v) is 9.19. The highest BCUT2D eigenvalue weighted by Crippen LogP contribution is 2.27. The summed E-state index contributed by atoms with van der Waals surface area (Å²) < 4.78 is 5.19. The summed E-state index contributed by atoms with van der Waals surface area (Å²) in [5, 5.41) is 5.69. The van der Waals surface area contributed by atoms with Crippen LogP contribution in [0.25, 0.3) is 0 Å². The highest BCUT2D eigenvalue weighted by Gasteiger charge is 2.14. The molecule has 144 valence electrons. The Morgan fingerprint density at radius 1 is 1.07 bits per heavy atom. The van der Waals surface area contributed by atoms with E-state index in [9.17, 15) is 9.59 Å². The molecule has 0 saturated heterocycles. The Kier molecular flexibility index (Phi) is 7.41. The number of ether oxygens (including phenoxy) is 1. The second-order valence-electron chi connectivity index (χ2n) is 6.87. The second-order valence-corrected chi connectivity index (χ2v) is 6.87. The Labute approximate surface area is 161 Å². The van der Waals surface area contributed by atoms with Crippen molar-refractivity contribution in [1.82, 2.24) is 5.32 Å². The Balaban J connectivity index is 1.85. The zero-order valence-corrected chi connectivity index (χ0v) is 16.5. The van der Waals surface area contributed by atoms with Gasteiger partial charge in [-0.3, -0.25) is 9.59 Å². The van der Waals surface area contributed by atoms with Gasteiger partial charge in [0, 0.05) is 12.2 Å². The van der Waals surface area contributed by atoms with Gasteiger partial charge >= 0.3 is 0 Å². The van der Waals surface area contributed by atoms with Crippen LogP contribution in [0.1, 0.15) is 42.9 Å². The monoisotopic (exact) mass is 368 g/mol. The van der Waals surface area contributed by atoms with Gasteiger partial charge < -0.3 is 15.4 Å². The van der Waals surface area contributed by atoms with Crippen LogP contribution in [0.2, 0.25) is 0 Å². The van der Waals surface area contributed by atoms with Crippen LogP contribution >= 0.6 is 0 Å². The van der Waals surface area contributed by atoms with E-state index in [0.29, 0.717) is 13.0 Å². The lowest BCUT2D eigenvalue weighted by Crippen LogP contribution is -2.30. The van der Waals surface area contributed by atoms with Gasteiger partial charge in [-0.25, -0.2) is 0 Å². The minimum absolute atomic E-state index is 0.190. The number of methoxy groups -OCH3 is 1. The molecule has 5 nitrogen and oxygen atoms in total. The molecule has 2 aromatic carbocycles. The van der Waals surface area contributed by atoms with E-state index in [4.69, 9.17) is 4.74 Å². The number of para-hydroxylation sites is 1. The molecule has 0 bridgehead atoms. The Bertz CT molecular complexity index is 800. The largest absolute Gasteiger partial charge is 0.497 e. The quantitative estimate of drug-likeness (QED) is 0.696. The van der Waals surface area contributed by atoms with Crippen LogP contribution in [0.4, 0.5) is 5.69 Å². The minimum Gasteiger partial charge on any atom is -0.497 e. The lowest BCUT2D eigenvalue weighted by atomic mass is 9.98. The number of nitrogens with one attached hydrogen (secondary N) is 2. The van der Waals surface area contributed by atoms with E-state index in [-0.39, 0.29) is 24.2 Å². The van der Waals surface area contributed by atoms with Crippen LogP contribution in [0.5, 0.6) is 5.75 Å². The Morgan fingerprint density at radius 2 is 1.81 bits per heavy atom. The highest BCUT2D eigenvalue weighted by atomic mass is 16.5. The summed E-state index contributed by atoms with van der Waals surface area (Å²) in [4.78, 5) is 24.3. The van der Waals surface area contributed by atoms with Crippen molar-refractivity contribution < 1.29 is 14.3 Å². The Morgan fingerprint density at radius 3 is 2.52 bits per heavy atom. The van der Waals surface area contributed by atoms with E-state index < -0.39 is 0 Å². The molecule has 27 heavy (non-hydrogen) atoms. The standard InChI is InChI=1S/C22H28N2O3/c1-15(2)19-10-5-7-16(3)22(19)24-21(26)14-20(25)23-12-11-17-8-6-9-18(13-17)27-4/h5-10,13,15H,11-12,14H2,1-4H3,(H,23,25)(H,24,26). The van der Waals surface area contributed by atoms with Gasteiger partial charge in [0.15, 0.2) is 0 Å². The van der Waals surface area contributed by atoms with Gasteiger partial charge in [-0.05, 0) is 48.1 Å². The third-order valence-electron chi connectivity index (χ3n) is 4.38. The molecule has 0 fully saturated rings. The SMILES string of the molecule is COc1cccc(CCNC(=O)CC(=O)Nc2c(C)cccc2C(C)C)c1. The van der Waals surface area contributed by atoms with E-state index in [0.717, 1.165) is 28.1 Å². The van der Waals surface area contributed by atoms with Crippen LogP contribution in [0, 0.1) is 6.92 Å². The molecule has 0 aliphatic carbocycles. The molecule has 2 rings (SSSR count). The van der Waals surface area contributed by atoms with Crippen molar-refractivity contribution in [1.29, 1.82) is 0 Å². The second kappa shape index (κ2) is 9.76. The van der Waals surface area contributed by atoms with Crippen molar-refractivity contribution in [2.75, 3.05) is 19.0 Å². The fourth-order valence-corrected chi connectivity index (χ4v) is 2.91. The molecule has 2 N–H and O–H groups in total. The van der Waals surface area contributed by atoms with Crippen molar-refractivity contribution in [3.63, 3.8) is 0 Å². The molecule has 0 aromatic heterocycles. The van der Waals surface area contributed by atoms with Crippen LogP contribution in [0.3, 0.4) is 0 Å². The maximum absolute atomic E-state index is 12.3. The predicted molar refractivity (Wildman–Crippen MR) is 108 cm³/mol. The number of anilines is 1. The summed E-state index contributed by atoms with van der Waals surface area (Å²) in [5.41, 5.74) is 3.94. The normalized spacial score (nSPS) is 10.6. The third kappa shape index (κ3) is 6.13. The van der Waals surface area contributed by atoms with Gasteiger partial charge in [-0.2, -0.15) is 0 Å². The van der Waals surface area contributed by atoms with Gasteiger partial charge in [0.2, 0.25) is 11.8 Å². The molecule has 5 heteroatoms. The molecule has 0 aliphatic heterocycles. The number of hydrogen-bond acceptors (Lipinski definition) is 3. The van der Waals surface area contributed by atoms with Gasteiger partial charge in [0.05, 0.1) is 7.11 Å². The van der Waals surface area contributed by atoms with E-state index in [1.54, 1.807) is 7.11 Å².